The number of nitrogens with zero attached hydrogens (tertiary/aromatic N) is 2. The highest BCUT2D eigenvalue weighted by Crippen LogP contribution is 2.30. The number of rotatable bonds is 18. The maximum absolute atomic E-state index is 13.0. The summed E-state index contributed by atoms with van der Waals surface area (Å²) in [5.74, 6) is 0.281. The Morgan fingerprint density at radius 3 is 1.90 bits per heavy atom. The number of carbonyl (C=O) groups excluding carboxylic acids is 2. The van der Waals surface area contributed by atoms with Crippen LogP contribution in [0.2, 0.25) is 0 Å². The Kier molecular flexibility index (Phi) is 16.4. The summed E-state index contributed by atoms with van der Waals surface area (Å²) >= 11 is 4.28. The summed E-state index contributed by atoms with van der Waals surface area (Å²) in [6.45, 7) is 24.7. The first kappa shape index (κ1) is 39.3. The van der Waals surface area contributed by atoms with Gasteiger partial charge in [0.25, 0.3) is 0 Å². The summed E-state index contributed by atoms with van der Waals surface area (Å²) in [4.78, 5) is 25.8. The van der Waals surface area contributed by atoms with E-state index in [2.05, 4.69) is 95.1 Å². The molecule has 0 heterocycles. The highest BCUT2D eigenvalue weighted by molar-refractivity contribution is 14.1. The first-order valence-corrected chi connectivity index (χ1v) is 16.3. The van der Waals surface area contributed by atoms with E-state index in [1.807, 2.05) is 37.7 Å². The lowest BCUT2D eigenvalue weighted by Crippen LogP contribution is -2.45. The van der Waals surface area contributed by atoms with Crippen LogP contribution in [0.15, 0.2) is 0 Å². The van der Waals surface area contributed by atoms with Crippen LogP contribution in [0.4, 0.5) is 0 Å². The summed E-state index contributed by atoms with van der Waals surface area (Å²) in [7, 11) is 2.06. The maximum atomic E-state index is 13.0. The van der Waals surface area contributed by atoms with Crippen molar-refractivity contribution in [3.05, 3.63) is 0 Å². The molecular weight excluding hydrogens is 719 g/mol. The second-order valence-electron chi connectivity index (χ2n) is 14.9. The molecule has 2 atom stereocenters. The van der Waals surface area contributed by atoms with Crippen molar-refractivity contribution in [3.8, 4) is 0 Å². The molecule has 10 heteroatoms. The van der Waals surface area contributed by atoms with Crippen LogP contribution in [-0.2, 0) is 19.1 Å². The average Bonchev–Trinajstić information content (AvgIpc) is 2.76. The van der Waals surface area contributed by atoms with Crippen molar-refractivity contribution in [1.82, 2.24) is 6.23 Å². The van der Waals surface area contributed by atoms with Crippen molar-refractivity contribution in [3.63, 3.8) is 0 Å². The summed E-state index contributed by atoms with van der Waals surface area (Å²) in [5.41, 5.74) is 4.94. The zero-order chi connectivity index (χ0) is 30.9. The van der Waals surface area contributed by atoms with Crippen molar-refractivity contribution < 1.29 is 19.1 Å². The van der Waals surface area contributed by atoms with E-state index in [1.165, 1.54) is 0 Å². The molecule has 2 unspecified atom stereocenters. The molecule has 2 amide bonds. The van der Waals surface area contributed by atoms with Crippen molar-refractivity contribution in [1.29, 1.82) is 0 Å². The van der Waals surface area contributed by atoms with Gasteiger partial charge in [-0.05, 0) is 92.4 Å². The topological polar surface area (TPSA) is 85.1 Å². The van der Waals surface area contributed by atoms with Gasteiger partial charge in [0.2, 0.25) is 11.8 Å². The van der Waals surface area contributed by atoms with E-state index in [0.717, 1.165) is 32.1 Å². The molecule has 0 fully saturated rings. The third-order valence-corrected chi connectivity index (χ3v) is 9.84. The van der Waals surface area contributed by atoms with Gasteiger partial charge in [-0.2, -0.15) is 0 Å². The normalized spacial score (nSPS) is 15.5. The molecule has 0 aromatic rings. The number of ether oxygens (including phenoxy) is 2. The molecule has 0 spiro atoms. The maximum Gasteiger partial charge on any atom is 0.234 e. The molecule has 0 rings (SSSR count). The molecule has 0 radical (unpaired) electrons. The van der Waals surface area contributed by atoms with Gasteiger partial charge in [-0.15, -0.1) is 0 Å². The highest BCUT2D eigenvalue weighted by Gasteiger charge is 2.33. The second kappa shape index (κ2) is 16.3. The lowest BCUT2D eigenvalue weighted by molar-refractivity contribution is -0.132. The van der Waals surface area contributed by atoms with Gasteiger partial charge in [0.1, 0.15) is 7.85 Å². The first-order chi connectivity index (χ1) is 17.4. The summed E-state index contributed by atoms with van der Waals surface area (Å²) in [6.07, 6.45) is 5.25. The quantitative estimate of drug-likeness (QED) is 0.0986. The number of hydrogen-bond donors (Lipinski definition) is 1. The van der Waals surface area contributed by atoms with Gasteiger partial charge < -0.3 is 15.2 Å². The molecule has 0 aromatic heterocycles. The van der Waals surface area contributed by atoms with E-state index in [-0.39, 0.29) is 45.3 Å². The molecule has 0 saturated carbocycles. The lowest BCUT2D eigenvalue weighted by Gasteiger charge is -2.37. The van der Waals surface area contributed by atoms with Crippen molar-refractivity contribution in [2.24, 2.45) is 17.1 Å². The van der Waals surface area contributed by atoms with E-state index in [1.54, 1.807) is 3.11 Å². The number of halogens is 2. The Morgan fingerprint density at radius 2 is 1.38 bits per heavy atom. The van der Waals surface area contributed by atoms with Crippen LogP contribution < -0.4 is 5.73 Å². The minimum Gasteiger partial charge on any atom is -0.384 e. The van der Waals surface area contributed by atoms with Crippen LogP contribution in [0.1, 0.15) is 121 Å². The molecule has 0 saturated heterocycles. The lowest BCUT2D eigenvalue weighted by atomic mass is 9.80. The van der Waals surface area contributed by atoms with Crippen LogP contribution in [0.25, 0.3) is 0 Å². The van der Waals surface area contributed by atoms with Gasteiger partial charge >= 0.3 is 0 Å². The van der Waals surface area contributed by atoms with Crippen LogP contribution in [0.5, 0.6) is 0 Å². The van der Waals surface area contributed by atoms with Crippen molar-refractivity contribution in [2.45, 2.75) is 143 Å². The molecule has 0 aromatic carbocycles. The van der Waals surface area contributed by atoms with E-state index in [9.17, 15) is 9.59 Å². The Morgan fingerprint density at radius 1 is 0.846 bits per heavy atom. The smallest absolute Gasteiger partial charge is 0.234 e. The fourth-order valence-corrected chi connectivity index (χ4v) is 4.90. The van der Waals surface area contributed by atoms with Gasteiger partial charge in [-0.3, -0.25) is 15.8 Å². The fourth-order valence-electron chi connectivity index (χ4n) is 3.70. The minimum absolute atomic E-state index is 0.000148. The van der Waals surface area contributed by atoms with Crippen LogP contribution in [0.3, 0.4) is 0 Å². The van der Waals surface area contributed by atoms with Gasteiger partial charge in [-0.25, -0.2) is 0 Å². The third kappa shape index (κ3) is 18.5. The number of nitrogens with two attached hydrogens (primary N) is 1. The summed E-state index contributed by atoms with van der Waals surface area (Å²) in [6, 6.07) is 0. The number of amides is 2. The van der Waals surface area contributed by atoms with E-state index in [0.29, 0.717) is 32.6 Å². The zero-order valence-corrected chi connectivity index (χ0v) is 31.3. The average molecular weight is 777 g/mol. The highest BCUT2D eigenvalue weighted by atomic mass is 127. The molecule has 0 aliphatic heterocycles. The molecule has 39 heavy (non-hydrogen) atoms. The van der Waals surface area contributed by atoms with Crippen LogP contribution >= 0.6 is 45.7 Å². The minimum atomic E-state index is -0.378. The Balaban J connectivity index is 4.58. The Bertz CT molecular complexity index is 765. The van der Waals surface area contributed by atoms with E-state index >= 15 is 0 Å². The SMILES string of the molecule is BC(C)(CCN(I)C(=O)CCC(C)(C)OCCC(C)(C)N)OCCC(C)(C)N(I)C(=O)C(C)CCC(C)(C)C. The second-order valence-corrected chi connectivity index (χ2v) is 17.0. The largest absolute Gasteiger partial charge is 0.384 e. The molecule has 230 valence electrons. The standard InChI is InChI=1S/C29H58BI2N3O4/c1-22(12-14-25(2,3)4)24(37)35(32)27(7,8)18-21-39-29(11,30)16-19-34(31)23(36)13-15-28(9,10)38-20-17-26(5,6)33/h22H,12-21,30,33H2,1-11H3. The van der Waals surface area contributed by atoms with Gasteiger partial charge in [0, 0.05) is 48.7 Å². The Labute approximate surface area is 269 Å². The number of hydrogen-bond acceptors (Lipinski definition) is 5. The van der Waals surface area contributed by atoms with Crippen molar-refractivity contribution in [2.75, 3.05) is 19.8 Å². The van der Waals surface area contributed by atoms with E-state index in [4.69, 9.17) is 15.2 Å². The van der Waals surface area contributed by atoms with Crippen LogP contribution in [0, 0.1) is 11.3 Å². The van der Waals surface area contributed by atoms with Gasteiger partial charge in [0.05, 0.1) is 51.3 Å². The predicted octanol–water partition coefficient (Wildman–Crippen LogP) is 6.43. The van der Waals surface area contributed by atoms with Crippen molar-refractivity contribution >= 4 is 65.4 Å². The molecule has 0 bridgehead atoms. The van der Waals surface area contributed by atoms with E-state index < -0.39 is 0 Å². The zero-order valence-electron chi connectivity index (χ0n) is 27.0. The molecule has 0 aliphatic carbocycles. The number of carbonyl (C=O) groups is 2. The summed E-state index contributed by atoms with van der Waals surface area (Å²) < 4.78 is 15.9. The Hall–Kier alpha value is 0.345. The molecular formula is C29H58BI2N3O4. The first-order valence-electron chi connectivity index (χ1n) is 14.4. The fraction of sp³-hybridized carbons (Fsp3) is 0.931. The monoisotopic (exact) mass is 777 g/mol. The third-order valence-electron chi connectivity index (χ3n) is 7.04. The van der Waals surface area contributed by atoms with Gasteiger partial charge in [-0.1, -0.05) is 27.7 Å². The van der Waals surface area contributed by atoms with Crippen LogP contribution in [-0.4, -0.2) is 67.8 Å². The van der Waals surface area contributed by atoms with Gasteiger partial charge in [0.15, 0.2) is 0 Å². The molecule has 0 aliphatic rings. The predicted molar refractivity (Wildman–Crippen MR) is 183 cm³/mol. The summed E-state index contributed by atoms with van der Waals surface area (Å²) in [5, 5.41) is 0. The molecule has 2 N–H and O–H groups in total. The molecule has 7 nitrogen and oxygen atoms in total.